The first-order chi connectivity index (χ1) is 16.8. The first-order valence-corrected chi connectivity index (χ1v) is 11.6. The first kappa shape index (κ1) is 22.6. The lowest BCUT2D eigenvalue weighted by Gasteiger charge is -2.39. The zero-order valence-corrected chi connectivity index (χ0v) is 19.8. The second kappa shape index (κ2) is 8.56. The molecule has 1 unspecified atom stereocenters. The summed E-state index contributed by atoms with van der Waals surface area (Å²) < 4.78 is 0. The van der Waals surface area contributed by atoms with E-state index >= 15 is 0 Å². The van der Waals surface area contributed by atoms with Gasteiger partial charge in [0.2, 0.25) is 5.95 Å². The molecule has 2 atom stereocenters. The lowest BCUT2D eigenvalue weighted by atomic mass is 9.92. The lowest BCUT2D eigenvalue weighted by molar-refractivity contribution is -0.0676. The van der Waals surface area contributed by atoms with E-state index < -0.39 is 11.8 Å². The number of H-pyrrole nitrogens is 1. The molecule has 3 N–H and O–H groups in total. The number of hydrogen-bond acceptors (Lipinski definition) is 4. The van der Waals surface area contributed by atoms with Crippen molar-refractivity contribution in [2.75, 3.05) is 18.9 Å². The van der Waals surface area contributed by atoms with Crippen LogP contribution in [-0.4, -0.2) is 50.4 Å². The van der Waals surface area contributed by atoms with Crippen LogP contribution in [-0.2, 0) is 5.72 Å². The highest BCUT2D eigenvalue weighted by Crippen LogP contribution is 2.47. The molecule has 0 radical (unpaired) electrons. The Morgan fingerprint density at radius 3 is 2.60 bits per heavy atom. The summed E-state index contributed by atoms with van der Waals surface area (Å²) >= 11 is 0. The molecular formula is C27H27N5O3. The third-order valence-electron chi connectivity index (χ3n) is 6.70. The number of nitrogens with zero attached hydrogens (tertiary/aromatic N) is 3. The Labute approximate surface area is 203 Å². The van der Waals surface area contributed by atoms with Crippen LogP contribution in [0.4, 0.5) is 10.7 Å². The summed E-state index contributed by atoms with van der Waals surface area (Å²) in [4.78, 5) is 36.4. The second-order valence-corrected chi connectivity index (χ2v) is 8.74. The average molecular weight is 470 g/mol. The molecule has 2 heterocycles. The number of rotatable bonds is 5. The van der Waals surface area contributed by atoms with Crippen LogP contribution in [0.5, 0.6) is 0 Å². The number of amides is 3. The molecule has 1 aromatic heterocycles. The highest BCUT2D eigenvalue weighted by molar-refractivity contribution is 6.01. The predicted molar refractivity (Wildman–Crippen MR) is 134 cm³/mol. The predicted octanol–water partition coefficient (Wildman–Crippen LogP) is 4.46. The van der Waals surface area contributed by atoms with Gasteiger partial charge >= 0.3 is 6.03 Å². The van der Waals surface area contributed by atoms with E-state index in [9.17, 15) is 14.7 Å². The summed E-state index contributed by atoms with van der Waals surface area (Å²) in [5, 5.41) is 15.0. The first-order valence-electron chi connectivity index (χ1n) is 11.6. The molecule has 1 aliphatic rings. The SMILES string of the molecule is CCN(C)C(=O)Nc1nc2ccc(C3(O)c4ccccc4C(=O)N3[C@H](C)c3ccccc3)cc2[nH]1. The smallest absolute Gasteiger partial charge is 0.323 e. The number of anilines is 1. The molecule has 35 heavy (non-hydrogen) atoms. The number of benzene rings is 3. The van der Waals surface area contributed by atoms with Gasteiger partial charge in [0.15, 0.2) is 5.72 Å². The maximum atomic E-state index is 13.6. The van der Waals surface area contributed by atoms with Crippen molar-refractivity contribution in [3.05, 3.63) is 95.1 Å². The fraction of sp³-hybridized carbons (Fsp3) is 0.222. The summed E-state index contributed by atoms with van der Waals surface area (Å²) in [5.41, 5.74) is 2.02. The Morgan fingerprint density at radius 1 is 1.14 bits per heavy atom. The molecule has 3 amide bonds. The summed E-state index contributed by atoms with van der Waals surface area (Å²) in [6, 6.07) is 21.5. The van der Waals surface area contributed by atoms with Crippen LogP contribution in [0.1, 0.15) is 46.9 Å². The highest BCUT2D eigenvalue weighted by atomic mass is 16.3. The van der Waals surface area contributed by atoms with Crippen LogP contribution in [0.3, 0.4) is 0 Å². The van der Waals surface area contributed by atoms with E-state index in [1.54, 1.807) is 43.4 Å². The molecular weight excluding hydrogens is 442 g/mol. The molecule has 3 aromatic carbocycles. The Kier molecular flexibility index (Phi) is 5.53. The molecule has 1 aliphatic heterocycles. The molecule has 0 aliphatic carbocycles. The van der Waals surface area contributed by atoms with Crippen LogP contribution >= 0.6 is 0 Å². The number of aliphatic hydroxyl groups is 1. The molecule has 4 aromatic rings. The number of aromatic nitrogens is 2. The quantitative estimate of drug-likeness (QED) is 0.402. The van der Waals surface area contributed by atoms with Gasteiger partial charge in [-0.15, -0.1) is 0 Å². The van der Waals surface area contributed by atoms with Gasteiger partial charge in [-0.1, -0.05) is 54.6 Å². The lowest BCUT2D eigenvalue weighted by Crippen LogP contribution is -2.46. The van der Waals surface area contributed by atoms with Crippen LogP contribution in [0, 0.1) is 0 Å². The fourth-order valence-electron chi connectivity index (χ4n) is 4.64. The molecule has 178 valence electrons. The molecule has 8 heteroatoms. The maximum absolute atomic E-state index is 13.6. The van der Waals surface area contributed by atoms with Crippen LogP contribution in [0.15, 0.2) is 72.8 Å². The molecule has 0 fully saturated rings. The van der Waals surface area contributed by atoms with Crippen molar-refractivity contribution in [1.82, 2.24) is 19.8 Å². The van der Waals surface area contributed by atoms with E-state index in [0.29, 0.717) is 40.2 Å². The maximum Gasteiger partial charge on any atom is 0.323 e. The zero-order chi connectivity index (χ0) is 24.7. The summed E-state index contributed by atoms with van der Waals surface area (Å²) in [7, 11) is 1.70. The third-order valence-corrected chi connectivity index (χ3v) is 6.70. The van der Waals surface area contributed by atoms with Gasteiger partial charge in [0.1, 0.15) is 0 Å². The molecule has 5 rings (SSSR count). The third kappa shape index (κ3) is 3.63. The minimum absolute atomic E-state index is 0.236. The number of urea groups is 1. The minimum Gasteiger partial charge on any atom is -0.363 e. The van der Waals surface area contributed by atoms with Gasteiger partial charge in [0.05, 0.1) is 17.1 Å². The summed E-state index contributed by atoms with van der Waals surface area (Å²) in [6.45, 7) is 4.36. The Hall–Kier alpha value is -4.17. The van der Waals surface area contributed by atoms with E-state index in [-0.39, 0.29) is 11.9 Å². The number of carbonyl (C=O) groups excluding carboxylic acids is 2. The Morgan fingerprint density at radius 2 is 1.86 bits per heavy atom. The largest absolute Gasteiger partial charge is 0.363 e. The van der Waals surface area contributed by atoms with Gasteiger partial charge in [-0.2, -0.15) is 0 Å². The van der Waals surface area contributed by atoms with E-state index in [2.05, 4.69) is 15.3 Å². The number of carbonyl (C=O) groups is 2. The molecule has 8 nitrogen and oxygen atoms in total. The molecule has 0 saturated carbocycles. The highest BCUT2D eigenvalue weighted by Gasteiger charge is 2.51. The monoisotopic (exact) mass is 469 g/mol. The molecule has 0 bridgehead atoms. The van der Waals surface area contributed by atoms with Crippen LogP contribution < -0.4 is 5.32 Å². The van der Waals surface area contributed by atoms with Gasteiger partial charge in [0, 0.05) is 30.3 Å². The van der Waals surface area contributed by atoms with Crippen molar-refractivity contribution in [3.63, 3.8) is 0 Å². The van der Waals surface area contributed by atoms with Crippen LogP contribution in [0.25, 0.3) is 11.0 Å². The average Bonchev–Trinajstić information content (AvgIpc) is 3.39. The van der Waals surface area contributed by atoms with Gasteiger partial charge in [-0.05, 0) is 37.6 Å². The van der Waals surface area contributed by atoms with Gasteiger partial charge in [-0.3, -0.25) is 15.0 Å². The van der Waals surface area contributed by atoms with Crippen molar-refractivity contribution in [2.24, 2.45) is 0 Å². The number of hydrogen-bond donors (Lipinski definition) is 3. The topological polar surface area (TPSA) is 102 Å². The van der Waals surface area contributed by atoms with Gasteiger partial charge < -0.3 is 15.0 Å². The van der Waals surface area contributed by atoms with E-state index in [0.717, 1.165) is 5.56 Å². The minimum atomic E-state index is -1.69. The number of nitrogens with one attached hydrogen (secondary N) is 2. The summed E-state index contributed by atoms with van der Waals surface area (Å²) in [5.74, 6) is 0.0755. The zero-order valence-electron chi connectivity index (χ0n) is 19.8. The number of aromatic amines is 1. The number of fused-ring (bicyclic) bond motifs is 2. The standard InChI is InChI=1S/C27H27N5O3/c1-4-31(3)26(34)30-25-28-22-15-14-19(16-23(22)29-25)27(35)21-13-9-8-12-20(21)24(33)32(27)17(2)18-10-6-5-7-11-18/h5-17,35H,4H2,1-3H3,(H2,28,29,30,34)/t17-,27?/m1/s1. The molecule has 0 spiro atoms. The fourth-order valence-corrected chi connectivity index (χ4v) is 4.64. The Bertz CT molecular complexity index is 1420. The van der Waals surface area contributed by atoms with Crippen molar-refractivity contribution >= 4 is 28.9 Å². The second-order valence-electron chi connectivity index (χ2n) is 8.74. The van der Waals surface area contributed by atoms with E-state index in [1.165, 1.54) is 9.80 Å². The summed E-state index contributed by atoms with van der Waals surface area (Å²) in [6.07, 6.45) is 0. The van der Waals surface area contributed by atoms with Crippen molar-refractivity contribution in [3.8, 4) is 0 Å². The number of imidazole rings is 1. The Balaban J connectivity index is 1.60. The van der Waals surface area contributed by atoms with Crippen molar-refractivity contribution in [1.29, 1.82) is 0 Å². The van der Waals surface area contributed by atoms with Gasteiger partial charge in [0.25, 0.3) is 5.91 Å². The van der Waals surface area contributed by atoms with E-state index in [4.69, 9.17) is 0 Å². The molecule has 0 saturated heterocycles. The van der Waals surface area contributed by atoms with Crippen LogP contribution in [0.2, 0.25) is 0 Å². The van der Waals surface area contributed by atoms with Crippen molar-refractivity contribution < 1.29 is 14.7 Å². The van der Waals surface area contributed by atoms with E-state index in [1.807, 2.05) is 50.2 Å². The van der Waals surface area contributed by atoms with Crippen molar-refractivity contribution in [2.45, 2.75) is 25.6 Å². The normalized spacial score (nSPS) is 17.9. The van der Waals surface area contributed by atoms with Gasteiger partial charge in [-0.25, -0.2) is 9.78 Å².